The Bertz CT molecular complexity index is 1240. The maximum Gasteiger partial charge on any atom is 0.227 e. The number of fused-ring (bicyclic) bond motifs is 5. The number of nitrogens with zero attached hydrogens (tertiary/aromatic N) is 3. The van der Waals surface area contributed by atoms with Crippen molar-refractivity contribution in [3.8, 4) is 5.69 Å². The Morgan fingerprint density at radius 2 is 1.79 bits per heavy atom. The lowest BCUT2D eigenvalue weighted by molar-refractivity contribution is -0.744. The molecule has 0 radical (unpaired) electrons. The molecule has 0 saturated heterocycles. The van der Waals surface area contributed by atoms with Gasteiger partial charge in [-0.15, -0.1) is 9.36 Å². The fourth-order valence-corrected chi connectivity index (χ4v) is 5.28. The van der Waals surface area contributed by atoms with Gasteiger partial charge in [0.2, 0.25) is 5.71 Å². The van der Waals surface area contributed by atoms with Crippen LogP contribution in [0.1, 0.15) is 57.2 Å². The van der Waals surface area contributed by atoms with Gasteiger partial charge in [0.15, 0.2) is 24.5 Å². The summed E-state index contributed by atoms with van der Waals surface area (Å²) >= 11 is 0. The number of pyridine rings is 1. The summed E-state index contributed by atoms with van der Waals surface area (Å²) in [5, 5.41) is 2.36. The Hall–Kier alpha value is -2.62. The van der Waals surface area contributed by atoms with Crippen molar-refractivity contribution < 1.29 is 9.10 Å². The van der Waals surface area contributed by atoms with Crippen LogP contribution in [-0.2, 0) is 17.9 Å². The summed E-state index contributed by atoms with van der Waals surface area (Å²) < 4.78 is 10.7. The third kappa shape index (κ3) is 2.17. The van der Waals surface area contributed by atoms with Crippen LogP contribution in [0.5, 0.6) is 0 Å². The van der Waals surface area contributed by atoms with Crippen LogP contribution in [-0.4, -0.2) is 9.67 Å². The minimum atomic E-state index is 0.0952. The summed E-state index contributed by atoms with van der Waals surface area (Å²) in [5.41, 5.74) is 7.25. The molecule has 0 amide bonds. The Morgan fingerprint density at radius 1 is 1.07 bits per heavy atom. The van der Waals surface area contributed by atoms with Crippen molar-refractivity contribution in [2.24, 2.45) is 7.05 Å². The number of aryl methyl sites for hydroxylation is 1. The maximum absolute atomic E-state index is 6.43. The molecular weight excluding hydrogens is 346 g/mol. The number of hydrogen-bond acceptors (Lipinski definition) is 2. The number of furan rings is 1. The maximum atomic E-state index is 6.43. The van der Waals surface area contributed by atoms with Gasteiger partial charge in [0.1, 0.15) is 0 Å². The molecule has 1 aliphatic carbocycles. The average Bonchev–Trinajstić information content (AvgIpc) is 3.22. The zero-order valence-electron chi connectivity index (χ0n) is 17.6. The van der Waals surface area contributed by atoms with E-state index in [9.17, 15) is 0 Å². The lowest BCUT2D eigenvalue weighted by Gasteiger charge is -2.43. The second-order valence-electron chi connectivity index (χ2n) is 9.56. The lowest BCUT2D eigenvalue weighted by atomic mass is 9.61. The van der Waals surface area contributed by atoms with Crippen LogP contribution < -0.4 is 4.68 Å². The highest BCUT2D eigenvalue weighted by molar-refractivity contribution is 6.10. The van der Waals surface area contributed by atoms with E-state index in [4.69, 9.17) is 4.42 Å². The first-order valence-electron chi connectivity index (χ1n) is 10.1. The summed E-state index contributed by atoms with van der Waals surface area (Å²) in [4.78, 5) is 4.54. The van der Waals surface area contributed by atoms with Crippen molar-refractivity contribution in [3.63, 3.8) is 0 Å². The number of benzene rings is 1. The molecule has 4 aromatic rings. The fraction of sp³-hybridized carbons (Fsp3) is 0.417. The van der Waals surface area contributed by atoms with Crippen LogP contribution in [0.4, 0.5) is 0 Å². The Kier molecular flexibility index (Phi) is 3.41. The first kappa shape index (κ1) is 17.5. The Balaban J connectivity index is 2.09. The van der Waals surface area contributed by atoms with Gasteiger partial charge in [-0.25, -0.2) is 4.98 Å². The monoisotopic (exact) mass is 374 g/mol. The van der Waals surface area contributed by atoms with Gasteiger partial charge in [-0.3, -0.25) is 0 Å². The quantitative estimate of drug-likeness (QED) is 0.426. The standard InChI is InChI=1S/C24H28N3O/c1-15-18-19(24(4,5)11-10-23(18,2)3)17-16-9-7-12-25-22(16)28-21(17)20(15)27-14-8-13-26(27)6/h7-9,12-14H,10-11H2,1-6H3/q+1. The van der Waals surface area contributed by atoms with Gasteiger partial charge in [0.25, 0.3) is 0 Å². The van der Waals surface area contributed by atoms with E-state index >= 15 is 0 Å². The zero-order valence-corrected chi connectivity index (χ0v) is 17.6. The summed E-state index contributed by atoms with van der Waals surface area (Å²) in [7, 11) is 2.07. The molecule has 4 heteroatoms. The second kappa shape index (κ2) is 5.47. The lowest BCUT2D eigenvalue weighted by Crippen LogP contribution is -2.39. The molecule has 1 aliphatic rings. The van der Waals surface area contributed by atoms with E-state index in [1.54, 1.807) is 0 Å². The van der Waals surface area contributed by atoms with Crippen LogP contribution >= 0.6 is 0 Å². The van der Waals surface area contributed by atoms with E-state index in [-0.39, 0.29) is 10.8 Å². The predicted molar refractivity (Wildman–Crippen MR) is 112 cm³/mol. The van der Waals surface area contributed by atoms with Gasteiger partial charge in [-0.2, -0.15) is 0 Å². The SMILES string of the molecule is Cc1c2c(c3c(oc4ncccc43)c1-n1ccc[n+]1C)C(C)(C)CCC2(C)C. The second-order valence-corrected chi connectivity index (χ2v) is 9.56. The Labute approximate surface area is 165 Å². The Morgan fingerprint density at radius 3 is 2.46 bits per heavy atom. The molecule has 0 fully saturated rings. The van der Waals surface area contributed by atoms with E-state index in [2.05, 4.69) is 80.5 Å². The molecule has 0 N–H and O–H groups in total. The highest BCUT2D eigenvalue weighted by Gasteiger charge is 2.42. The number of aromatic nitrogens is 3. The predicted octanol–water partition coefficient (Wildman–Crippen LogP) is 5.25. The molecule has 144 valence electrons. The average molecular weight is 375 g/mol. The molecular formula is C24H28N3O+. The topological polar surface area (TPSA) is 34.8 Å². The molecule has 5 rings (SSSR count). The first-order valence-corrected chi connectivity index (χ1v) is 10.1. The summed E-state index contributed by atoms with van der Waals surface area (Å²) in [5.74, 6) is 0. The highest BCUT2D eigenvalue weighted by Crippen LogP contribution is 2.53. The van der Waals surface area contributed by atoms with Crippen LogP contribution in [0.3, 0.4) is 0 Å². The molecule has 0 saturated carbocycles. The van der Waals surface area contributed by atoms with Gasteiger partial charge < -0.3 is 4.42 Å². The van der Waals surface area contributed by atoms with Crippen molar-refractivity contribution in [1.82, 2.24) is 9.67 Å². The van der Waals surface area contributed by atoms with Crippen molar-refractivity contribution in [3.05, 3.63) is 53.5 Å². The zero-order chi connectivity index (χ0) is 19.8. The van der Waals surface area contributed by atoms with E-state index in [0.29, 0.717) is 0 Å². The molecule has 3 aromatic heterocycles. The third-order valence-corrected chi connectivity index (χ3v) is 6.74. The van der Waals surface area contributed by atoms with E-state index in [1.807, 2.05) is 12.3 Å². The largest absolute Gasteiger partial charge is 0.435 e. The minimum Gasteiger partial charge on any atom is -0.435 e. The van der Waals surface area contributed by atoms with Crippen molar-refractivity contribution in [2.45, 2.75) is 58.3 Å². The van der Waals surface area contributed by atoms with Crippen molar-refractivity contribution in [2.75, 3.05) is 0 Å². The van der Waals surface area contributed by atoms with Gasteiger partial charge in [-0.05, 0) is 59.4 Å². The number of rotatable bonds is 1. The molecule has 1 aromatic carbocycles. The number of hydrogen-bond donors (Lipinski definition) is 0. The molecule has 4 nitrogen and oxygen atoms in total. The van der Waals surface area contributed by atoms with Crippen LogP contribution in [0.15, 0.2) is 41.2 Å². The van der Waals surface area contributed by atoms with Crippen molar-refractivity contribution in [1.29, 1.82) is 0 Å². The van der Waals surface area contributed by atoms with Crippen LogP contribution in [0.25, 0.3) is 27.8 Å². The summed E-state index contributed by atoms with van der Waals surface area (Å²) in [6, 6.07) is 6.24. The van der Waals surface area contributed by atoms with E-state index in [1.165, 1.54) is 34.9 Å². The van der Waals surface area contributed by atoms with Gasteiger partial charge in [-0.1, -0.05) is 27.7 Å². The third-order valence-electron chi connectivity index (χ3n) is 6.74. The molecule has 0 unspecified atom stereocenters. The van der Waals surface area contributed by atoms with Crippen LogP contribution in [0.2, 0.25) is 0 Å². The fourth-order valence-electron chi connectivity index (χ4n) is 5.28. The first-order chi connectivity index (χ1) is 13.2. The van der Waals surface area contributed by atoms with Crippen molar-refractivity contribution >= 4 is 22.1 Å². The molecule has 28 heavy (non-hydrogen) atoms. The van der Waals surface area contributed by atoms with E-state index in [0.717, 1.165) is 22.4 Å². The van der Waals surface area contributed by atoms with Gasteiger partial charge >= 0.3 is 0 Å². The van der Waals surface area contributed by atoms with Gasteiger partial charge in [0, 0.05) is 23.0 Å². The normalized spacial score (nSPS) is 17.9. The van der Waals surface area contributed by atoms with Crippen LogP contribution in [0, 0.1) is 6.92 Å². The molecule has 0 aliphatic heterocycles. The minimum absolute atomic E-state index is 0.0952. The molecule has 3 heterocycles. The smallest absolute Gasteiger partial charge is 0.227 e. The summed E-state index contributed by atoms with van der Waals surface area (Å²) in [6.45, 7) is 11.8. The highest BCUT2D eigenvalue weighted by atomic mass is 16.3. The van der Waals surface area contributed by atoms with E-state index < -0.39 is 0 Å². The van der Waals surface area contributed by atoms with Gasteiger partial charge in [0.05, 0.1) is 6.20 Å². The molecule has 0 atom stereocenters. The molecule has 0 spiro atoms. The summed E-state index contributed by atoms with van der Waals surface area (Å²) in [6.07, 6.45) is 8.35. The molecule has 0 bridgehead atoms.